The highest BCUT2D eigenvalue weighted by molar-refractivity contribution is 5.79. The lowest BCUT2D eigenvalue weighted by Gasteiger charge is -2.24. The molecule has 1 unspecified atom stereocenters. The van der Waals surface area contributed by atoms with Gasteiger partial charge in [0.15, 0.2) is 6.29 Å². The van der Waals surface area contributed by atoms with Gasteiger partial charge in [0.1, 0.15) is 24.2 Å². The molecule has 0 saturated carbocycles. The van der Waals surface area contributed by atoms with E-state index in [-0.39, 0.29) is 6.61 Å². The third-order valence-electron chi connectivity index (χ3n) is 4.15. The Labute approximate surface area is 158 Å². The standard InChI is InChI=1S/C22H23NO4/c24-16-19-9-4-5-11-22(19)27-17-20(25)14-23(15-21-10-6-12-26-21)13-18-7-2-1-3-8-18/h1-12,16,20,25H,13-15,17H2. The normalized spacial score (nSPS) is 12.1. The predicted molar refractivity (Wildman–Crippen MR) is 103 cm³/mol. The molecule has 0 spiro atoms. The lowest BCUT2D eigenvalue weighted by Crippen LogP contribution is -2.35. The first kappa shape index (κ1) is 18.9. The van der Waals surface area contributed by atoms with Crippen LogP contribution in [0.4, 0.5) is 0 Å². The predicted octanol–water partition coefficient (Wildman–Crippen LogP) is 3.53. The number of furan rings is 1. The monoisotopic (exact) mass is 365 g/mol. The topological polar surface area (TPSA) is 62.9 Å². The van der Waals surface area contributed by atoms with Gasteiger partial charge in [-0.15, -0.1) is 0 Å². The van der Waals surface area contributed by atoms with E-state index in [9.17, 15) is 9.90 Å². The van der Waals surface area contributed by atoms with E-state index in [1.54, 1.807) is 30.5 Å². The number of para-hydroxylation sites is 1. The van der Waals surface area contributed by atoms with Crippen LogP contribution in [0.15, 0.2) is 77.4 Å². The molecule has 0 aliphatic heterocycles. The van der Waals surface area contributed by atoms with E-state index in [1.807, 2.05) is 30.3 Å². The number of hydrogen-bond donors (Lipinski definition) is 1. The van der Waals surface area contributed by atoms with Gasteiger partial charge in [-0.05, 0) is 29.8 Å². The summed E-state index contributed by atoms with van der Waals surface area (Å²) < 4.78 is 11.1. The Morgan fingerprint density at radius 3 is 2.52 bits per heavy atom. The van der Waals surface area contributed by atoms with Crippen molar-refractivity contribution in [2.45, 2.75) is 19.2 Å². The molecule has 1 heterocycles. The molecule has 1 atom stereocenters. The molecule has 3 aromatic rings. The van der Waals surface area contributed by atoms with Gasteiger partial charge < -0.3 is 14.3 Å². The molecule has 3 rings (SSSR count). The third-order valence-corrected chi connectivity index (χ3v) is 4.15. The minimum absolute atomic E-state index is 0.105. The van der Waals surface area contributed by atoms with Gasteiger partial charge in [-0.25, -0.2) is 0 Å². The molecule has 0 aliphatic rings. The quantitative estimate of drug-likeness (QED) is 0.557. The van der Waals surface area contributed by atoms with Gasteiger partial charge in [0.05, 0.1) is 18.4 Å². The molecule has 1 aromatic heterocycles. The zero-order valence-electron chi connectivity index (χ0n) is 15.0. The van der Waals surface area contributed by atoms with E-state index in [1.165, 1.54) is 0 Å². The van der Waals surface area contributed by atoms with Gasteiger partial charge >= 0.3 is 0 Å². The van der Waals surface area contributed by atoms with E-state index in [2.05, 4.69) is 17.0 Å². The molecular formula is C22H23NO4. The van der Waals surface area contributed by atoms with Crippen molar-refractivity contribution in [1.29, 1.82) is 0 Å². The van der Waals surface area contributed by atoms with E-state index >= 15 is 0 Å². The van der Waals surface area contributed by atoms with Crippen molar-refractivity contribution < 1.29 is 19.1 Å². The summed E-state index contributed by atoms with van der Waals surface area (Å²) in [5.41, 5.74) is 1.63. The zero-order valence-corrected chi connectivity index (χ0v) is 15.0. The second-order valence-corrected chi connectivity index (χ2v) is 6.36. The van der Waals surface area contributed by atoms with Crippen molar-refractivity contribution in [2.75, 3.05) is 13.2 Å². The van der Waals surface area contributed by atoms with Gasteiger partial charge in [0.2, 0.25) is 0 Å². The summed E-state index contributed by atoms with van der Waals surface area (Å²) >= 11 is 0. The van der Waals surface area contributed by atoms with Gasteiger partial charge in [-0.2, -0.15) is 0 Å². The summed E-state index contributed by atoms with van der Waals surface area (Å²) in [4.78, 5) is 13.2. The molecule has 27 heavy (non-hydrogen) atoms. The fourth-order valence-electron chi connectivity index (χ4n) is 2.90. The first-order valence-electron chi connectivity index (χ1n) is 8.88. The summed E-state index contributed by atoms with van der Waals surface area (Å²) in [7, 11) is 0. The van der Waals surface area contributed by atoms with Crippen molar-refractivity contribution in [1.82, 2.24) is 4.90 Å². The minimum atomic E-state index is -0.705. The fraction of sp³-hybridized carbons (Fsp3) is 0.227. The Morgan fingerprint density at radius 2 is 1.78 bits per heavy atom. The Balaban J connectivity index is 1.60. The Kier molecular flexibility index (Phi) is 6.79. The SMILES string of the molecule is O=Cc1ccccc1OCC(O)CN(Cc1ccccc1)Cc1ccco1. The van der Waals surface area contributed by atoms with Crippen LogP contribution >= 0.6 is 0 Å². The minimum Gasteiger partial charge on any atom is -0.490 e. The van der Waals surface area contributed by atoms with Crippen molar-refractivity contribution in [3.63, 3.8) is 0 Å². The molecule has 2 aromatic carbocycles. The van der Waals surface area contributed by atoms with E-state index in [0.717, 1.165) is 17.6 Å². The van der Waals surface area contributed by atoms with E-state index in [4.69, 9.17) is 9.15 Å². The summed E-state index contributed by atoms with van der Waals surface area (Å²) in [5, 5.41) is 10.5. The number of carbonyl (C=O) groups excluding carboxylic acids is 1. The lowest BCUT2D eigenvalue weighted by molar-refractivity contribution is 0.0601. The number of aliphatic hydroxyl groups excluding tert-OH is 1. The highest BCUT2D eigenvalue weighted by Gasteiger charge is 2.15. The number of aliphatic hydroxyl groups is 1. The summed E-state index contributed by atoms with van der Waals surface area (Å²) in [6.45, 7) is 1.79. The van der Waals surface area contributed by atoms with Crippen molar-refractivity contribution in [2.24, 2.45) is 0 Å². The van der Waals surface area contributed by atoms with Crippen LogP contribution in [0.3, 0.4) is 0 Å². The Hall–Kier alpha value is -2.89. The van der Waals surface area contributed by atoms with Crippen LogP contribution in [-0.2, 0) is 13.1 Å². The molecule has 0 fully saturated rings. The fourth-order valence-corrected chi connectivity index (χ4v) is 2.90. The maximum Gasteiger partial charge on any atom is 0.153 e. The zero-order chi connectivity index (χ0) is 18.9. The molecule has 0 aliphatic carbocycles. The molecule has 0 bridgehead atoms. The first-order valence-corrected chi connectivity index (χ1v) is 8.88. The molecular weight excluding hydrogens is 342 g/mol. The van der Waals surface area contributed by atoms with Crippen LogP contribution in [0.2, 0.25) is 0 Å². The number of carbonyl (C=O) groups is 1. The molecule has 140 valence electrons. The number of rotatable bonds is 10. The van der Waals surface area contributed by atoms with Crippen LogP contribution < -0.4 is 4.74 Å². The first-order chi connectivity index (χ1) is 13.2. The number of aldehydes is 1. The molecule has 0 amide bonds. The maximum atomic E-state index is 11.1. The van der Waals surface area contributed by atoms with E-state index in [0.29, 0.717) is 30.9 Å². The van der Waals surface area contributed by atoms with Crippen molar-refractivity contribution >= 4 is 6.29 Å². The molecule has 5 heteroatoms. The van der Waals surface area contributed by atoms with Crippen LogP contribution in [0, 0.1) is 0 Å². The maximum absolute atomic E-state index is 11.1. The highest BCUT2D eigenvalue weighted by atomic mass is 16.5. The van der Waals surface area contributed by atoms with E-state index < -0.39 is 6.10 Å². The van der Waals surface area contributed by atoms with Crippen LogP contribution in [0.25, 0.3) is 0 Å². The number of ether oxygens (including phenoxy) is 1. The molecule has 0 radical (unpaired) electrons. The number of hydrogen-bond acceptors (Lipinski definition) is 5. The average Bonchev–Trinajstić information content (AvgIpc) is 3.20. The number of nitrogens with zero attached hydrogens (tertiary/aromatic N) is 1. The second-order valence-electron chi connectivity index (χ2n) is 6.36. The molecule has 0 saturated heterocycles. The average molecular weight is 365 g/mol. The Morgan fingerprint density at radius 1 is 1.00 bits per heavy atom. The largest absolute Gasteiger partial charge is 0.490 e. The van der Waals surface area contributed by atoms with Gasteiger partial charge in [0, 0.05) is 13.1 Å². The van der Waals surface area contributed by atoms with Gasteiger partial charge in [0.25, 0.3) is 0 Å². The third kappa shape index (κ3) is 5.81. The van der Waals surface area contributed by atoms with Crippen LogP contribution in [-0.4, -0.2) is 35.5 Å². The molecule has 1 N–H and O–H groups in total. The highest BCUT2D eigenvalue weighted by Crippen LogP contribution is 2.16. The van der Waals surface area contributed by atoms with Gasteiger partial charge in [-0.1, -0.05) is 42.5 Å². The lowest BCUT2D eigenvalue weighted by atomic mass is 10.2. The van der Waals surface area contributed by atoms with Crippen molar-refractivity contribution in [3.05, 3.63) is 89.9 Å². The summed E-state index contributed by atoms with van der Waals surface area (Å²) in [6.07, 6.45) is 1.69. The van der Waals surface area contributed by atoms with Crippen LogP contribution in [0.5, 0.6) is 5.75 Å². The van der Waals surface area contributed by atoms with Crippen LogP contribution in [0.1, 0.15) is 21.7 Å². The van der Waals surface area contributed by atoms with Crippen molar-refractivity contribution in [3.8, 4) is 5.75 Å². The smallest absolute Gasteiger partial charge is 0.153 e. The summed E-state index contributed by atoms with van der Waals surface area (Å²) in [6, 6.07) is 20.8. The molecule has 5 nitrogen and oxygen atoms in total. The second kappa shape index (κ2) is 9.71. The number of benzene rings is 2. The Bertz CT molecular complexity index is 817. The summed E-state index contributed by atoms with van der Waals surface area (Å²) in [5.74, 6) is 1.32. The van der Waals surface area contributed by atoms with Gasteiger partial charge in [-0.3, -0.25) is 9.69 Å².